The molecule has 0 saturated carbocycles. The molecule has 1 aliphatic heterocycles. The van der Waals surface area contributed by atoms with Crippen LogP contribution in [0.2, 0.25) is 0 Å². The van der Waals surface area contributed by atoms with E-state index in [9.17, 15) is 14.0 Å². The molecule has 2 rings (SSSR count). The molecule has 1 saturated heterocycles. The first-order valence-corrected chi connectivity index (χ1v) is 6.37. The lowest BCUT2D eigenvalue weighted by molar-refractivity contribution is 0.0776. The van der Waals surface area contributed by atoms with Gasteiger partial charge < -0.3 is 15.5 Å². The molecule has 2 N–H and O–H groups in total. The van der Waals surface area contributed by atoms with Crippen LogP contribution in [-0.2, 0) is 0 Å². The van der Waals surface area contributed by atoms with E-state index >= 15 is 0 Å². The molecule has 1 aromatic carbocycles. The molecule has 1 unspecified atom stereocenters. The Labute approximate surface area is 117 Å². The van der Waals surface area contributed by atoms with E-state index in [0.29, 0.717) is 13.1 Å². The summed E-state index contributed by atoms with van der Waals surface area (Å²) in [6.45, 7) is 1.14. The Kier molecular flexibility index (Phi) is 4.04. The maximum atomic E-state index is 13.6. The molecule has 1 aromatic rings. The first-order chi connectivity index (χ1) is 9.41. The maximum Gasteiger partial charge on any atom is 0.254 e. The van der Waals surface area contributed by atoms with Crippen LogP contribution in [0.25, 0.3) is 0 Å². The van der Waals surface area contributed by atoms with Gasteiger partial charge in [-0.25, -0.2) is 4.39 Å². The molecule has 1 atom stereocenters. The van der Waals surface area contributed by atoms with E-state index in [-0.39, 0.29) is 23.1 Å². The highest BCUT2D eigenvalue weighted by atomic mass is 19.1. The van der Waals surface area contributed by atoms with Crippen molar-refractivity contribution < 1.29 is 14.0 Å². The molecular formula is C14H17FN3O2. The topological polar surface area (TPSA) is 66.6 Å². The van der Waals surface area contributed by atoms with Gasteiger partial charge in [-0.1, -0.05) is 6.07 Å². The van der Waals surface area contributed by atoms with E-state index in [4.69, 9.17) is 5.73 Å². The van der Waals surface area contributed by atoms with Gasteiger partial charge in [0.2, 0.25) is 0 Å². The molecule has 0 aliphatic carbocycles. The summed E-state index contributed by atoms with van der Waals surface area (Å²) >= 11 is 0. The molecule has 2 amide bonds. The van der Waals surface area contributed by atoms with E-state index in [1.54, 1.807) is 4.90 Å². The number of nitrogens with zero attached hydrogens (tertiary/aromatic N) is 2. The lowest BCUT2D eigenvalue weighted by atomic mass is 10.1. The highest BCUT2D eigenvalue weighted by molar-refractivity contribution is 6.06. The Bertz CT molecular complexity index is 545. The Morgan fingerprint density at radius 3 is 2.75 bits per heavy atom. The number of halogens is 1. The van der Waals surface area contributed by atoms with Crippen LogP contribution in [0, 0.1) is 11.9 Å². The van der Waals surface area contributed by atoms with Crippen LogP contribution in [0.4, 0.5) is 4.39 Å². The molecule has 1 aliphatic rings. The van der Waals surface area contributed by atoms with Crippen LogP contribution >= 0.6 is 0 Å². The number of likely N-dealkylation sites (tertiary alicyclic amines) is 1. The number of likely N-dealkylation sites (N-methyl/N-ethyl adjacent to an activating group) is 1. The number of nitrogens with two attached hydrogens (primary N) is 1. The average Bonchev–Trinajstić information content (AvgIpc) is 2.86. The second-order valence-corrected chi connectivity index (χ2v) is 5.10. The fourth-order valence-corrected chi connectivity index (χ4v) is 2.41. The van der Waals surface area contributed by atoms with Crippen LogP contribution in [0.1, 0.15) is 27.1 Å². The SMILES string of the molecule is CN(C)C1CCN(C(=O)c2cc[c]c(F)c2C(N)=O)C1. The zero-order valence-electron chi connectivity index (χ0n) is 11.5. The van der Waals surface area contributed by atoms with Gasteiger partial charge >= 0.3 is 0 Å². The van der Waals surface area contributed by atoms with E-state index in [1.807, 2.05) is 19.0 Å². The first-order valence-electron chi connectivity index (χ1n) is 6.37. The number of benzene rings is 1. The highest BCUT2D eigenvalue weighted by Gasteiger charge is 2.30. The summed E-state index contributed by atoms with van der Waals surface area (Å²) in [6.07, 6.45) is 0.853. The fourth-order valence-electron chi connectivity index (χ4n) is 2.41. The maximum absolute atomic E-state index is 13.6. The van der Waals surface area contributed by atoms with Gasteiger partial charge in [-0.3, -0.25) is 9.59 Å². The monoisotopic (exact) mass is 278 g/mol. The van der Waals surface area contributed by atoms with Crippen molar-refractivity contribution in [1.82, 2.24) is 9.80 Å². The van der Waals surface area contributed by atoms with Crippen LogP contribution < -0.4 is 5.73 Å². The van der Waals surface area contributed by atoms with Crippen molar-refractivity contribution in [2.75, 3.05) is 27.2 Å². The van der Waals surface area contributed by atoms with Gasteiger partial charge in [0.25, 0.3) is 11.8 Å². The molecule has 1 heterocycles. The van der Waals surface area contributed by atoms with Crippen LogP contribution in [-0.4, -0.2) is 54.8 Å². The van der Waals surface area contributed by atoms with Gasteiger partial charge in [0, 0.05) is 25.2 Å². The van der Waals surface area contributed by atoms with E-state index in [0.717, 1.165) is 6.42 Å². The molecule has 5 nitrogen and oxygen atoms in total. The van der Waals surface area contributed by atoms with Gasteiger partial charge in [-0.15, -0.1) is 0 Å². The van der Waals surface area contributed by atoms with Crippen molar-refractivity contribution in [3.63, 3.8) is 0 Å². The van der Waals surface area contributed by atoms with E-state index in [2.05, 4.69) is 6.07 Å². The number of hydrogen-bond acceptors (Lipinski definition) is 3. The second-order valence-electron chi connectivity index (χ2n) is 5.10. The molecular weight excluding hydrogens is 261 g/mol. The van der Waals surface area contributed by atoms with E-state index in [1.165, 1.54) is 12.1 Å². The summed E-state index contributed by atoms with van der Waals surface area (Å²) in [7, 11) is 3.90. The number of hydrogen-bond donors (Lipinski definition) is 1. The van der Waals surface area contributed by atoms with Crippen molar-refractivity contribution in [3.8, 4) is 0 Å². The first kappa shape index (κ1) is 14.5. The Hall–Kier alpha value is -1.95. The molecule has 0 bridgehead atoms. The zero-order chi connectivity index (χ0) is 14.9. The largest absolute Gasteiger partial charge is 0.365 e. The number of rotatable bonds is 3. The van der Waals surface area contributed by atoms with Crippen molar-refractivity contribution in [2.45, 2.75) is 12.5 Å². The third-order valence-electron chi connectivity index (χ3n) is 3.61. The Balaban J connectivity index is 2.27. The average molecular weight is 278 g/mol. The van der Waals surface area contributed by atoms with Gasteiger partial charge in [0.15, 0.2) is 0 Å². The van der Waals surface area contributed by atoms with Crippen molar-refractivity contribution >= 4 is 11.8 Å². The summed E-state index contributed by atoms with van der Waals surface area (Å²) in [5.74, 6) is -2.20. The van der Waals surface area contributed by atoms with Gasteiger partial charge in [0.05, 0.1) is 11.1 Å². The molecule has 6 heteroatoms. The number of amides is 2. The quantitative estimate of drug-likeness (QED) is 0.875. The summed E-state index contributed by atoms with van der Waals surface area (Å²) in [6, 6.07) is 5.19. The van der Waals surface area contributed by atoms with Crippen molar-refractivity contribution in [1.29, 1.82) is 0 Å². The van der Waals surface area contributed by atoms with Crippen molar-refractivity contribution in [3.05, 3.63) is 35.1 Å². The second kappa shape index (κ2) is 5.58. The molecule has 20 heavy (non-hydrogen) atoms. The summed E-state index contributed by atoms with van der Waals surface area (Å²) < 4.78 is 13.6. The third-order valence-corrected chi connectivity index (χ3v) is 3.61. The normalized spacial score (nSPS) is 18.6. The lowest BCUT2D eigenvalue weighted by Crippen LogP contribution is -2.35. The van der Waals surface area contributed by atoms with Crippen LogP contribution in [0.3, 0.4) is 0 Å². The smallest absolute Gasteiger partial charge is 0.254 e. The Morgan fingerprint density at radius 2 is 2.20 bits per heavy atom. The molecule has 0 spiro atoms. The van der Waals surface area contributed by atoms with Crippen molar-refractivity contribution in [2.24, 2.45) is 5.73 Å². The lowest BCUT2D eigenvalue weighted by Gasteiger charge is -2.21. The fraction of sp³-hybridized carbons (Fsp3) is 0.429. The predicted octanol–water partition coefficient (Wildman–Crippen LogP) is 0.501. The summed E-state index contributed by atoms with van der Waals surface area (Å²) in [5, 5.41) is 0. The highest BCUT2D eigenvalue weighted by Crippen LogP contribution is 2.20. The summed E-state index contributed by atoms with van der Waals surface area (Å²) in [5.41, 5.74) is 4.77. The molecule has 107 valence electrons. The van der Waals surface area contributed by atoms with Gasteiger partial charge in [0.1, 0.15) is 5.82 Å². The minimum atomic E-state index is -0.953. The Morgan fingerprint density at radius 1 is 1.50 bits per heavy atom. The minimum absolute atomic E-state index is 0.00755. The molecule has 1 fully saturated rings. The number of primary amides is 1. The minimum Gasteiger partial charge on any atom is -0.365 e. The number of carbonyl (C=O) groups excluding carboxylic acids is 2. The zero-order valence-corrected chi connectivity index (χ0v) is 11.5. The standard InChI is InChI=1S/C14H17FN3O2/c1-17(2)9-6-7-18(8-9)14(20)10-4-3-5-11(15)12(10)13(16)19/h3-4,9H,6-8H2,1-2H3,(H2,16,19). The predicted molar refractivity (Wildman–Crippen MR) is 71.7 cm³/mol. The van der Waals surface area contributed by atoms with Gasteiger partial charge in [-0.2, -0.15) is 0 Å². The molecule has 1 radical (unpaired) electrons. The number of carbonyl (C=O) groups is 2. The van der Waals surface area contributed by atoms with Crippen LogP contribution in [0.5, 0.6) is 0 Å². The van der Waals surface area contributed by atoms with E-state index < -0.39 is 11.7 Å². The third kappa shape index (κ3) is 2.65. The molecule has 0 aromatic heterocycles. The van der Waals surface area contributed by atoms with Gasteiger partial charge in [-0.05, 0) is 26.6 Å². The summed E-state index contributed by atoms with van der Waals surface area (Å²) in [4.78, 5) is 27.4. The van der Waals surface area contributed by atoms with Crippen LogP contribution in [0.15, 0.2) is 12.1 Å².